The van der Waals surface area contributed by atoms with E-state index in [0.717, 1.165) is 81.2 Å². The minimum Gasteiger partial charge on any atom is -0.306 e. The number of thiophene rings is 1. The molecule has 0 N–H and O–H groups in total. The monoisotopic (exact) mass is 899 g/mol. The van der Waals surface area contributed by atoms with Crippen LogP contribution in [0.3, 0.4) is 0 Å². The third-order valence-corrected chi connectivity index (χ3v) is 14.6. The van der Waals surface area contributed by atoms with Crippen molar-refractivity contribution < 1.29 is 0 Å². The zero-order chi connectivity index (χ0) is 42.3. The lowest BCUT2D eigenvalue weighted by Crippen LogP contribution is -2.10. The average Bonchev–Trinajstić information content (AvgIpc) is 4.03. The molecule has 0 fully saturated rings. The minimum absolute atomic E-state index is 0.585. The molecule has 0 saturated carbocycles. The lowest BCUT2D eigenvalue weighted by Gasteiger charge is -2.25. The number of rotatable bonds is 6. The highest BCUT2D eigenvalue weighted by atomic mass is 79.9. The molecular formula is C57H34BrN5S. The van der Waals surface area contributed by atoms with Gasteiger partial charge in [0.05, 0.1) is 43.7 Å². The molecule has 0 saturated heterocycles. The summed E-state index contributed by atoms with van der Waals surface area (Å²) in [6.07, 6.45) is 0. The molecule has 300 valence electrons. The number of hydrogen-bond acceptors (Lipinski definition) is 4. The fourth-order valence-electron chi connectivity index (χ4n) is 9.75. The molecule has 0 spiro atoms. The van der Waals surface area contributed by atoms with E-state index in [-0.39, 0.29) is 0 Å². The summed E-state index contributed by atoms with van der Waals surface area (Å²) in [5, 5.41) is 7.02. The summed E-state index contributed by atoms with van der Waals surface area (Å²) in [7, 11) is 0. The first-order chi connectivity index (χ1) is 31.7. The predicted octanol–water partition coefficient (Wildman–Crippen LogP) is 15.9. The number of halogens is 1. The number of aromatic nitrogens is 5. The van der Waals surface area contributed by atoms with Gasteiger partial charge in [0, 0.05) is 58.2 Å². The molecule has 13 rings (SSSR count). The minimum atomic E-state index is 0.585. The smallest absolute Gasteiger partial charge is 0.166 e. The van der Waals surface area contributed by atoms with Crippen LogP contribution >= 0.6 is 27.3 Å². The summed E-state index contributed by atoms with van der Waals surface area (Å²) in [6, 6.07) is 73.1. The van der Waals surface area contributed by atoms with Gasteiger partial charge in [-0.2, -0.15) is 0 Å². The molecule has 7 heteroatoms. The van der Waals surface area contributed by atoms with E-state index in [4.69, 9.17) is 15.0 Å². The molecule has 5 nitrogen and oxygen atoms in total. The average molecular weight is 901 g/mol. The van der Waals surface area contributed by atoms with E-state index in [0.29, 0.717) is 17.5 Å². The van der Waals surface area contributed by atoms with Crippen LogP contribution in [0.5, 0.6) is 0 Å². The molecule has 4 heterocycles. The second-order valence-corrected chi connectivity index (χ2v) is 17.9. The van der Waals surface area contributed by atoms with E-state index in [1.54, 1.807) is 0 Å². The van der Waals surface area contributed by atoms with Gasteiger partial charge in [0.25, 0.3) is 0 Å². The van der Waals surface area contributed by atoms with Crippen LogP contribution in [0.4, 0.5) is 0 Å². The summed E-state index contributed by atoms with van der Waals surface area (Å²) in [5.41, 5.74) is 11.3. The molecule has 0 atom stereocenters. The molecule has 0 aliphatic carbocycles. The molecule has 13 aromatic rings. The molecule has 0 aliphatic heterocycles. The molecule has 0 aliphatic rings. The third-order valence-electron chi connectivity index (χ3n) is 12.4. The molecule has 0 radical (unpaired) electrons. The Balaban J connectivity index is 1.36. The number of fused-ring (bicyclic) bond motifs is 9. The first-order valence-electron chi connectivity index (χ1n) is 21.3. The maximum atomic E-state index is 5.60. The zero-order valence-corrected chi connectivity index (χ0v) is 36.6. The number of nitrogens with zero attached hydrogens (tertiary/aromatic N) is 5. The van der Waals surface area contributed by atoms with Crippen LogP contribution in [0, 0.1) is 0 Å². The van der Waals surface area contributed by atoms with Crippen molar-refractivity contribution in [2.75, 3.05) is 0 Å². The normalized spacial score (nSPS) is 11.8. The van der Waals surface area contributed by atoms with Crippen LogP contribution in [-0.4, -0.2) is 24.1 Å². The van der Waals surface area contributed by atoms with Gasteiger partial charge >= 0.3 is 0 Å². The Labute approximate surface area is 380 Å². The highest BCUT2D eigenvalue weighted by molar-refractivity contribution is 9.10. The molecule has 0 unspecified atom stereocenters. The zero-order valence-electron chi connectivity index (χ0n) is 34.2. The van der Waals surface area contributed by atoms with E-state index >= 15 is 0 Å². The second-order valence-electron chi connectivity index (χ2n) is 16.0. The van der Waals surface area contributed by atoms with Gasteiger partial charge in [-0.05, 0) is 51.8 Å². The summed E-state index contributed by atoms with van der Waals surface area (Å²) in [6.45, 7) is 0. The van der Waals surface area contributed by atoms with Gasteiger partial charge in [-0.1, -0.05) is 176 Å². The Morgan fingerprint density at radius 1 is 0.328 bits per heavy atom. The maximum absolute atomic E-state index is 5.60. The Kier molecular flexibility index (Phi) is 8.48. The first-order valence-corrected chi connectivity index (χ1v) is 22.9. The van der Waals surface area contributed by atoms with Crippen LogP contribution in [-0.2, 0) is 0 Å². The first kappa shape index (κ1) is 36.9. The Morgan fingerprint density at radius 2 is 0.719 bits per heavy atom. The Hall–Kier alpha value is -7.71. The predicted molar refractivity (Wildman–Crippen MR) is 271 cm³/mol. The molecule has 64 heavy (non-hydrogen) atoms. The van der Waals surface area contributed by atoms with Crippen molar-refractivity contribution in [1.82, 2.24) is 24.1 Å². The third kappa shape index (κ3) is 5.58. The van der Waals surface area contributed by atoms with E-state index in [1.165, 1.54) is 26.2 Å². The highest BCUT2D eigenvalue weighted by Gasteiger charge is 2.32. The Bertz CT molecular complexity index is 3800. The van der Waals surface area contributed by atoms with Crippen LogP contribution in [0.1, 0.15) is 0 Å². The van der Waals surface area contributed by atoms with Crippen LogP contribution in [0.25, 0.3) is 120 Å². The fourth-order valence-corrected chi connectivity index (χ4v) is 11.6. The van der Waals surface area contributed by atoms with Gasteiger partial charge in [0.15, 0.2) is 17.5 Å². The summed E-state index contributed by atoms with van der Waals surface area (Å²) >= 11 is 5.86. The van der Waals surface area contributed by atoms with Gasteiger partial charge in [0.1, 0.15) is 0 Å². The standard InChI is InChI=1S/C57H34BrN5S/c58-43-30-18-29-42-49-48(35-19-4-1-5-20-35)50(57-60-55(36-21-6-2-7-22-36)59-56(61-57)37-23-8-3-9-24-37)51(62-44-31-14-10-25-38(44)39-26-11-15-32-45(39)62)52(54(49)64-53(42)43)63-46-33-16-12-27-40(46)41-28-13-17-34-47(41)63/h1-34H. The number of hydrogen-bond donors (Lipinski definition) is 0. The fraction of sp³-hybridized carbons (Fsp3) is 0. The molecule has 0 bridgehead atoms. The van der Waals surface area contributed by atoms with Crippen molar-refractivity contribution in [1.29, 1.82) is 0 Å². The van der Waals surface area contributed by atoms with Crippen LogP contribution in [0.15, 0.2) is 211 Å². The Morgan fingerprint density at radius 3 is 1.20 bits per heavy atom. The highest BCUT2D eigenvalue weighted by Crippen LogP contribution is 2.54. The van der Waals surface area contributed by atoms with E-state index in [2.05, 4.69) is 195 Å². The van der Waals surface area contributed by atoms with Crippen molar-refractivity contribution in [3.05, 3.63) is 211 Å². The molecular weight excluding hydrogens is 867 g/mol. The summed E-state index contributed by atoms with van der Waals surface area (Å²) < 4.78 is 8.38. The molecule has 4 aromatic heterocycles. The van der Waals surface area contributed by atoms with Gasteiger partial charge in [0.2, 0.25) is 0 Å². The topological polar surface area (TPSA) is 48.5 Å². The van der Waals surface area contributed by atoms with E-state index in [9.17, 15) is 0 Å². The largest absolute Gasteiger partial charge is 0.306 e. The van der Waals surface area contributed by atoms with Crippen LogP contribution in [0.2, 0.25) is 0 Å². The quantitative estimate of drug-likeness (QED) is 0.167. The SMILES string of the molecule is Brc1cccc2c1sc1c(-n3c4ccccc4c4ccccc43)c(-n3c4ccccc4c4ccccc43)c(-c3nc(-c4ccccc4)nc(-c4ccccc4)n3)c(-c3ccccc3)c12. The van der Waals surface area contributed by atoms with Crippen molar-refractivity contribution in [3.63, 3.8) is 0 Å². The second kappa shape index (κ2) is 14.7. The van der Waals surface area contributed by atoms with Crippen molar-refractivity contribution in [3.8, 4) is 56.7 Å². The number of benzene rings is 9. The lowest BCUT2D eigenvalue weighted by atomic mass is 9.91. The van der Waals surface area contributed by atoms with E-state index < -0.39 is 0 Å². The van der Waals surface area contributed by atoms with Gasteiger partial charge < -0.3 is 9.13 Å². The van der Waals surface area contributed by atoms with Crippen LogP contribution < -0.4 is 0 Å². The molecule has 0 amide bonds. The van der Waals surface area contributed by atoms with Gasteiger partial charge in [-0.15, -0.1) is 11.3 Å². The van der Waals surface area contributed by atoms with Crippen molar-refractivity contribution in [2.24, 2.45) is 0 Å². The summed E-state index contributed by atoms with van der Waals surface area (Å²) in [5.74, 6) is 1.79. The maximum Gasteiger partial charge on any atom is 0.166 e. The van der Waals surface area contributed by atoms with Gasteiger partial charge in [-0.3, -0.25) is 0 Å². The number of para-hydroxylation sites is 4. The summed E-state index contributed by atoms with van der Waals surface area (Å²) in [4.78, 5) is 16.4. The van der Waals surface area contributed by atoms with E-state index in [1.807, 2.05) is 47.7 Å². The van der Waals surface area contributed by atoms with Crippen molar-refractivity contribution in [2.45, 2.75) is 0 Å². The van der Waals surface area contributed by atoms with Gasteiger partial charge in [-0.25, -0.2) is 15.0 Å². The molecule has 9 aromatic carbocycles. The lowest BCUT2D eigenvalue weighted by molar-refractivity contribution is 1.06. The van der Waals surface area contributed by atoms with Crippen molar-refractivity contribution >= 4 is 91.1 Å².